The summed E-state index contributed by atoms with van der Waals surface area (Å²) in [6.07, 6.45) is 6.14. The van der Waals surface area contributed by atoms with E-state index in [2.05, 4.69) is 10.3 Å². The van der Waals surface area contributed by atoms with Gasteiger partial charge in [0.1, 0.15) is 5.82 Å². The monoisotopic (exact) mass is 315 g/mol. The van der Waals surface area contributed by atoms with E-state index in [-0.39, 0.29) is 5.69 Å². The molecular weight excluding hydrogens is 294 g/mol. The third kappa shape index (κ3) is 3.76. The highest BCUT2D eigenvalue weighted by Gasteiger charge is 2.27. The molecule has 1 aliphatic rings. The minimum atomic E-state index is -0.664. The van der Waals surface area contributed by atoms with E-state index in [4.69, 9.17) is 0 Å². The highest BCUT2D eigenvalue weighted by atomic mass is 16.6. The van der Waals surface area contributed by atoms with Crippen molar-refractivity contribution in [1.82, 2.24) is 4.98 Å². The Morgan fingerprint density at radius 3 is 2.61 bits per heavy atom. The number of aliphatic hydroxyl groups is 1. The molecule has 1 fully saturated rings. The molecule has 1 aromatic heterocycles. The molecule has 23 heavy (non-hydrogen) atoms. The average molecular weight is 315 g/mol. The molecule has 0 unspecified atom stereocenters. The molecule has 1 aromatic carbocycles. The van der Waals surface area contributed by atoms with Crippen molar-refractivity contribution in [2.24, 2.45) is 0 Å². The van der Waals surface area contributed by atoms with Gasteiger partial charge in [-0.3, -0.25) is 10.1 Å². The number of benzene rings is 1. The summed E-state index contributed by atoms with van der Waals surface area (Å²) in [6.45, 7) is 0.485. The van der Waals surface area contributed by atoms with E-state index in [9.17, 15) is 15.2 Å². The van der Waals surface area contributed by atoms with Crippen LogP contribution in [0.2, 0.25) is 0 Å². The summed E-state index contributed by atoms with van der Waals surface area (Å²) >= 11 is 0. The van der Waals surface area contributed by atoms with Crippen molar-refractivity contribution >= 4 is 22.4 Å². The Morgan fingerprint density at radius 2 is 1.91 bits per heavy atom. The zero-order chi connectivity index (χ0) is 16.3. The van der Waals surface area contributed by atoms with Crippen LogP contribution in [-0.4, -0.2) is 27.2 Å². The van der Waals surface area contributed by atoms with Gasteiger partial charge in [0.05, 0.1) is 16.0 Å². The number of pyridine rings is 1. The number of aromatic nitrogens is 1. The Bertz CT molecular complexity index is 709. The van der Waals surface area contributed by atoms with Gasteiger partial charge in [0.2, 0.25) is 0 Å². The standard InChI is InChI=1S/C17H21N3O3/c21-17(9-3-1-2-4-10-17)12-18-16-8-5-13-11-14(20(22)23)6-7-15(13)19-16/h5-8,11,21H,1-4,9-10,12H2,(H,18,19). The Kier molecular flexibility index (Phi) is 4.43. The van der Waals surface area contributed by atoms with Crippen molar-refractivity contribution in [3.8, 4) is 0 Å². The lowest BCUT2D eigenvalue weighted by Crippen LogP contribution is -2.36. The van der Waals surface area contributed by atoms with Gasteiger partial charge in [0.25, 0.3) is 5.69 Å². The summed E-state index contributed by atoms with van der Waals surface area (Å²) in [5, 5.41) is 25.4. The molecule has 0 bridgehead atoms. The SMILES string of the molecule is O=[N+]([O-])c1ccc2nc(NCC3(O)CCCCCC3)ccc2c1. The van der Waals surface area contributed by atoms with Crippen molar-refractivity contribution in [2.75, 3.05) is 11.9 Å². The van der Waals surface area contributed by atoms with Gasteiger partial charge in [-0.1, -0.05) is 25.7 Å². The minimum Gasteiger partial charge on any atom is -0.388 e. The maximum absolute atomic E-state index is 10.8. The number of anilines is 1. The van der Waals surface area contributed by atoms with Gasteiger partial charge in [-0.05, 0) is 31.0 Å². The molecule has 6 heteroatoms. The van der Waals surface area contributed by atoms with Gasteiger partial charge < -0.3 is 10.4 Å². The van der Waals surface area contributed by atoms with Crippen LogP contribution in [0.5, 0.6) is 0 Å². The van der Waals surface area contributed by atoms with Gasteiger partial charge in [-0.15, -0.1) is 0 Å². The zero-order valence-corrected chi connectivity index (χ0v) is 13.0. The molecule has 0 aliphatic heterocycles. The second-order valence-corrected chi connectivity index (χ2v) is 6.32. The van der Waals surface area contributed by atoms with E-state index in [1.54, 1.807) is 12.1 Å². The minimum absolute atomic E-state index is 0.0628. The fourth-order valence-corrected chi connectivity index (χ4v) is 3.14. The van der Waals surface area contributed by atoms with E-state index < -0.39 is 10.5 Å². The Hall–Kier alpha value is -2.21. The first-order valence-electron chi connectivity index (χ1n) is 8.07. The van der Waals surface area contributed by atoms with Gasteiger partial charge in [0.15, 0.2) is 0 Å². The third-order valence-corrected chi connectivity index (χ3v) is 4.52. The number of nitrogens with zero attached hydrogens (tertiary/aromatic N) is 2. The Labute approximate surface area is 134 Å². The second-order valence-electron chi connectivity index (χ2n) is 6.32. The molecule has 0 atom stereocenters. The lowest BCUT2D eigenvalue weighted by atomic mass is 9.94. The number of non-ortho nitro benzene ring substituents is 1. The van der Waals surface area contributed by atoms with Crippen LogP contribution in [0.25, 0.3) is 10.9 Å². The molecule has 1 saturated carbocycles. The number of nitro benzene ring substituents is 1. The summed E-state index contributed by atoms with van der Waals surface area (Å²) in [7, 11) is 0. The number of nitrogens with one attached hydrogen (secondary N) is 1. The fourth-order valence-electron chi connectivity index (χ4n) is 3.14. The molecule has 1 aliphatic carbocycles. The van der Waals surface area contributed by atoms with Crippen LogP contribution in [0.4, 0.5) is 11.5 Å². The smallest absolute Gasteiger partial charge is 0.270 e. The topological polar surface area (TPSA) is 88.3 Å². The van der Waals surface area contributed by atoms with Crippen molar-refractivity contribution < 1.29 is 10.0 Å². The Balaban J connectivity index is 1.73. The predicted octanol–water partition coefficient (Wildman–Crippen LogP) is 3.64. The molecule has 3 rings (SSSR count). The van der Waals surface area contributed by atoms with Crippen molar-refractivity contribution in [3.05, 3.63) is 40.4 Å². The Morgan fingerprint density at radius 1 is 1.17 bits per heavy atom. The van der Waals surface area contributed by atoms with Crippen LogP contribution in [-0.2, 0) is 0 Å². The van der Waals surface area contributed by atoms with Gasteiger partial charge in [-0.25, -0.2) is 4.98 Å². The zero-order valence-electron chi connectivity index (χ0n) is 13.0. The largest absolute Gasteiger partial charge is 0.388 e. The summed E-state index contributed by atoms with van der Waals surface area (Å²) in [6, 6.07) is 8.24. The highest BCUT2D eigenvalue weighted by Crippen LogP contribution is 2.27. The first-order chi connectivity index (χ1) is 11.1. The molecule has 0 saturated heterocycles. The molecule has 2 aromatic rings. The van der Waals surface area contributed by atoms with Crippen LogP contribution in [0.15, 0.2) is 30.3 Å². The van der Waals surface area contributed by atoms with E-state index in [1.165, 1.54) is 25.0 Å². The lowest BCUT2D eigenvalue weighted by Gasteiger charge is -2.27. The van der Waals surface area contributed by atoms with Crippen LogP contribution < -0.4 is 5.32 Å². The van der Waals surface area contributed by atoms with Gasteiger partial charge in [-0.2, -0.15) is 0 Å². The predicted molar refractivity (Wildman–Crippen MR) is 89.5 cm³/mol. The van der Waals surface area contributed by atoms with Crippen LogP contribution in [0, 0.1) is 10.1 Å². The van der Waals surface area contributed by atoms with Crippen molar-refractivity contribution in [2.45, 2.75) is 44.1 Å². The van der Waals surface area contributed by atoms with E-state index in [0.29, 0.717) is 17.9 Å². The first-order valence-corrected chi connectivity index (χ1v) is 8.07. The quantitative estimate of drug-likeness (QED) is 0.511. The summed E-state index contributed by atoms with van der Waals surface area (Å²) in [5.74, 6) is 0.684. The molecule has 1 heterocycles. The molecule has 0 radical (unpaired) electrons. The maximum Gasteiger partial charge on any atom is 0.270 e. The average Bonchev–Trinajstić information content (AvgIpc) is 2.77. The molecule has 122 valence electrons. The van der Waals surface area contributed by atoms with Crippen molar-refractivity contribution in [3.63, 3.8) is 0 Å². The number of rotatable bonds is 4. The number of nitro groups is 1. The normalized spacial score (nSPS) is 17.6. The summed E-state index contributed by atoms with van der Waals surface area (Å²) < 4.78 is 0. The third-order valence-electron chi connectivity index (χ3n) is 4.52. The number of fused-ring (bicyclic) bond motifs is 1. The molecule has 0 amide bonds. The molecule has 0 spiro atoms. The van der Waals surface area contributed by atoms with Crippen LogP contribution >= 0.6 is 0 Å². The van der Waals surface area contributed by atoms with Gasteiger partial charge >= 0.3 is 0 Å². The second kappa shape index (κ2) is 6.50. The van der Waals surface area contributed by atoms with Gasteiger partial charge in [0, 0.05) is 24.1 Å². The number of hydrogen-bond donors (Lipinski definition) is 2. The first kappa shape index (κ1) is 15.7. The molecule has 6 nitrogen and oxygen atoms in total. The van der Waals surface area contributed by atoms with Crippen LogP contribution in [0.1, 0.15) is 38.5 Å². The lowest BCUT2D eigenvalue weighted by molar-refractivity contribution is -0.384. The molecule has 2 N–H and O–H groups in total. The fraction of sp³-hybridized carbons (Fsp3) is 0.471. The highest BCUT2D eigenvalue weighted by molar-refractivity contribution is 5.82. The molecular formula is C17H21N3O3. The number of hydrogen-bond acceptors (Lipinski definition) is 5. The van der Waals surface area contributed by atoms with E-state index >= 15 is 0 Å². The summed E-state index contributed by atoms with van der Waals surface area (Å²) in [4.78, 5) is 14.9. The summed E-state index contributed by atoms with van der Waals surface area (Å²) in [5.41, 5.74) is 0.101. The van der Waals surface area contributed by atoms with Crippen LogP contribution in [0.3, 0.4) is 0 Å². The van der Waals surface area contributed by atoms with Crippen molar-refractivity contribution in [1.29, 1.82) is 0 Å². The van der Waals surface area contributed by atoms with E-state index in [1.807, 2.05) is 6.07 Å². The van der Waals surface area contributed by atoms with E-state index in [0.717, 1.165) is 31.1 Å². The maximum atomic E-state index is 10.8.